The fraction of sp³-hybridized carbons (Fsp3) is 0.211. The van der Waals surface area contributed by atoms with E-state index in [2.05, 4.69) is 27.0 Å². The molecule has 0 unspecified atom stereocenters. The third-order valence-electron chi connectivity index (χ3n) is 3.88. The molecule has 1 N–H and O–H groups in total. The molecule has 0 saturated heterocycles. The lowest BCUT2D eigenvalue weighted by Gasteiger charge is -2.13. The van der Waals surface area contributed by atoms with Crippen molar-refractivity contribution in [3.05, 3.63) is 70.3 Å². The van der Waals surface area contributed by atoms with Crippen LogP contribution in [0.1, 0.15) is 5.56 Å². The third kappa shape index (κ3) is 4.34. The highest BCUT2D eigenvalue weighted by molar-refractivity contribution is 6.42. The molecule has 3 rings (SSSR count). The van der Waals surface area contributed by atoms with E-state index in [1.165, 1.54) is 0 Å². The number of benzene rings is 2. The second-order valence-electron chi connectivity index (χ2n) is 5.58. The molecule has 1 heterocycles. The third-order valence-corrected chi connectivity index (χ3v) is 4.62. The molecule has 0 aliphatic rings. The van der Waals surface area contributed by atoms with E-state index >= 15 is 0 Å². The van der Waals surface area contributed by atoms with Crippen LogP contribution in [-0.2, 0) is 17.8 Å². The first-order valence-electron chi connectivity index (χ1n) is 7.96. The number of hydrogen-bond donors (Lipinski definition) is 1. The Morgan fingerprint density at radius 2 is 1.88 bits per heavy atom. The van der Waals surface area contributed by atoms with E-state index in [4.69, 9.17) is 27.9 Å². The normalized spacial score (nSPS) is 10.8. The highest BCUT2D eigenvalue weighted by Crippen LogP contribution is 2.25. The monoisotopic (exact) mass is 375 g/mol. The van der Waals surface area contributed by atoms with Gasteiger partial charge in [-0.15, -0.1) is 0 Å². The topological polar surface area (TPSA) is 39.1 Å². The van der Waals surface area contributed by atoms with Gasteiger partial charge in [0.25, 0.3) is 0 Å². The Morgan fingerprint density at radius 3 is 2.60 bits per heavy atom. The number of nitrogens with one attached hydrogen (secondary N) is 1. The van der Waals surface area contributed by atoms with Gasteiger partial charge in [-0.25, -0.2) is 4.98 Å². The van der Waals surface area contributed by atoms with Crippen LogP contribution in [0.15, 0.2) is 54.7 Å². The van der Waals surface area contributed by atoms with Crippen LogP contribution in [-0.4, -0.2) is 23.3 Å². The zero-order chi connectivity index (χ0) is 17.6. The summed E-state index contributed by atoms with van der Waals surface area (Å²) in [5.74, 6) is 0.793. The molecule has 0 saturated carbocycles. The number of halogens is 2. The second-order valence-corrected chi connectivity index (χ2v) is 6.39. The van der Waals surface area contributed by atoms with E-state index in [-0.39, 0.29) is 0 Å². The van der Waals surface area contributed by atoms with E-state index < -0.39 is 0 Å². The van der Waals surface area contributed by atoms with Crippen molar-refractivity contribution < 1.29 is 4.74 Å². The lowest BCUT2D eigenvalue weighted by atomic mass is 10.2. The Labute approximate surface area is 157 Å². The minimum absolute atomic E-state index is 0.550. The Bertz CT molecular complexity index is 834. The highest BCUT2D eigenvalue weighted by Gasteiger charge is 2.11. The van der Waals surface area contributed by atoms with E-state index in [9.17, 15) is 0 Å². The summed E-state index contributed by atoms with van der Waals surface area (Å²) >= 11 is 12.1. The van der Waals surface area contributed by atoms with Gasteiger partial charge in [-0.3, -0.25) is 0 Å². The van der Waals surface area contributed by atoms with Gasteiger partial charge in [0, 0.05) is 20.2 Å². The number of ether oxygens (including phenoxy) is 1. The fourth-order valence-corrected chi connectivity index (χ4v) is 2.92. The van der Waals surface area contributed by atoms with Crippen molar-refractivity contribution in [3.63, 3.8) is 0 Å². The molecule has 6 heteroatoms. The number of methoxy groups -OCH3 is 1. The molecule has 0 atom stereocenters. The van der Waals surface area contributed by atoms with Crippen LogP contribution >= 0.6 is 23.2 Å². The summed E-state index contributed by atoms with van der Waals surface area (Å²) in [5.41, 5.74) is 3.21. The Balaban J connectivity index is 1.82. The number of aromatic nitrogens is 2. The lowest BCUT2D eigenvalue weighted by Crippen LogP contribution is -2.11. The van der Waals surface area contributed by atoms with E-state index in [1.54, 1.807) is 13.2 Å². The van der Waals surface area contributed by atoms with Crippen molar-refractivity contribution in [3.8, 4) is 11.3 Å². The smallest absolute Gasteiger partial charge is 0.203 e. The molecule has 4 nitrogen and oxygen atoms in total. The molecule has 0 bridgehead atoms. The molecule has 0 fully saturated rings. The number of hydrogen-bond acceptors (Lipinski definition) is 3. The maximum absolute atomic E-state index is 6.08. The summed E-state index contributed by atoms with van der Waals surface area (Å²) in [5, 5.41) is 4.47. The summed E-state index contributed by atoms with van der Waals surface area (Å²) in [6.45, 7) is 1.93. The lowest BCUT2D eigenvalue weighted by molar-refractivity contribution is 0.188. The van der Waals surface area contributed by atoms with Gasteiger partial charge < -0.3 is 14.6 Å². The average molecular weight is 376 g/mol. The molecule has 0 aliphatic carbocycles. The van der Waals surface area contributed by atoms with Crippen molar-refractivity contribution >= 4 is 29.2 Å². The second kappa shape index (κ2) is 8.39. The van der Waals surface area contributed by atoms with Gasteiger partial charge in [-0.2, -0.15) is 0 Å². The Hall–Kier alpha value is -2.01. The minimum atomic E-state index is 0.550. The first-order chi connectivity index (χ1) is 12.2. The molecular formula is C19H19Cl2N3O. The van der Waals surface area contributed by atoms with E-state index in [0.717, 1.165) is 22.8 Å². The van der Waals surface area contributed by atoms with Crippen LogP contribution in [0, 0.1) is 0 Å². The van der Waals surface area contributed by atoms with E-state index in [0.29, 0.717) is 29.7 Å². The van der Waals surface area contributed by atoms with Crippen LogP contribution < -0.4 is 5.32 Å². The molecule has 130 valence electrons. The number of anilines is 1. The molecule has 0 amide bonds. The van der Waals surface area contributed by atoms with Crippen molar-refractivity contribution in [1.82, 2.24) is 9.55 Å². The van der Waals surface area contributed by atoms with Crippen LogP contribution in [0.4, 0.5) is 5.95 Å². The first kappa shape index (κ1) is 17.8. The first-order valence-corrected chi connectivity index (χ1v) is 8.72. The standard InChI is InChI=1S/C19H19Cl2N3O/c1-25-10-9-24-18(15-5-3-2-4-6-15)13-23-19(24)22-12-14-7-8-16(20)17(21)11-14/h2-8,11,13H,9-10,12H2,1H3,(H,22,23). The van der Waals surface area contributed by atoms with Gasteiger partial charge >= 0.3 is 0 Å². The van der Waals surface area contributed by atoms with Crippen molar-refractivity contribution in [1.29, 1.82) is 0 Å². The van der Waals surface area contributed by atoms with Gasteiger partial charge in [0.15, 0.2) is 0 Å². The van der Waals surface area contributed by atoms with Crippen LogP contribution in [0.25, 0.3) is 11.3 Å². The number of nitrogens with zero attached hydrogens (tertiary/aromatic N) is 2. The van der Waals surface area contributed by atoms with Crippen molar-refractivity contribution in [2.24, 2.45) is 0 Å². The van der Waals surface area contributed by atoms with Gasteiger partial charge in [0.05, 0.1) is 28.5 Å². The van der Waals surface area contributed by atoms with Gasteiger partial charge in [0.1, 0.15) is 0 Å². The molecule has 3 aromatic rings. The predicted molar refractivity (Wildman–Crippen MR) is 103 cm³/mol. The summed E-state index contributed by atoms with van der Waals surface area (Å²) < 4.78 is 7.37. The molecule has 0 radical (unpaired) electrons. The molecular weight excluding hydrogens is 357 g/mol. The number of rotatable bonds is 7. The molecule has 1 aromatic heterocycles. The van der Waals surface area contributed by atoms with Gasteiger partial charge in [-0.1, -0.05) is 59.6 Å². The van der Waals surface area contributed by atoms with Crippen LogP contribution in [0.2, 0.25) is 10.0 Å². The van der Waals surface area contributed by atoms with Crippen LogP contribution in [0.3, 0.4) is 0 Å². The summed E-state index contributed by atoms with van der Waals surface area (Å²) in [4.78, 5) is 4.54. The van der Waals surface area contributed by atoms with Crippen molar-refractivity contribution in [2.75, 3.05) is 19.0 Å². The summed E-state index contributed by atoms with van der Waals surface area (Å²) in [6.07, 6.45) is 1.88. The molecule has 0 spiro atoms. The Morgan fingerprint density at radius 1 is 1.08 bits per heavy atom. The van der Waals surface area contributed by atoms with Crippen LogP contribution in [0.5, 0.6) is 0 Å². The average Bonchev–Trinajstić information content (AvgIpc) is 3.04. The minimum Gasteiger partial charge on any atom is -0.383 e. The Kier molecular flexibility index (Phi) is 5.97. The predicted octanol–water partition coefficient (Wildman–Crippen LogP) is 5.12. The SMILES string of the molecule is COCCn1c(-c2ccccc2)cnc1NCc1ccc(Cl)c(Cl)c1. The maximum atomic E-state index is 6.08. The zero-order valence-corrected chi connectivity index (χ0v) is 15.4. The maximum Gasteiger partial charge on any atom is 0.203 e. The molecule has 0 aliphatic heterocycles. The molecule has 2 aromatic carbocycles. The summed E-state index contributed by atoms with van der Waals surface area (Å²) in [6, 6.07) is 15.8. The molecule has 25 heavy (non-hydrogen) atoms. The van der Waals surface area contributed by atoms with Crippen molar-refractivity contribution in [2.45, 2.75) is 13.1 Å². The van der Waals surface area contributed by atoms with Gasteiger partial charge in [-0.05, 0) is 23.3 Å². The quantitative estimate of drug-likeness (QED) is 0.623. The van der Waals surface area contributed by atoms with Gasteiger partial charge in [0.2, 0.25) is 5.95 Å². The zero-order valence-electron chi connectivity index (χ0n) is 13.9. The largest absolute Gasteiger partial charge is 0.383 e. The van der Waals surface area contributed by atoms with E-state index in [1.807, 2.05) is 36.5 Å². The fourth-order valence-electron chi connectivity index (χ4n) is 2.60. The summed E-state index contributed by atoms with van der Waals surface area (Å²) in [7, 11) is 1.70. The highest BCUT2D eigenvalue weighted by atomic mass is 35.5. The number of imidazole rings is 1.